The number of nitrogens with two attached hydrogens (primary N) is 2. The van der Waals surface area contributed by atoms with Gasteiger partial charge in [0.25, 0.3) is 0 Å². The van der Waals surface area contributed by atoms with Crippen molar-refractivity contribution in [3.05, 3.63) is 18.2 Å². The average molecular weight is 334 g/mol. The van der Waals surface area contributed by atoms with Crippen molar-refractivity contribution in [2.45, 2.75) is 43.1 Å². The summed E-state index contributed by atoms with van der Waals surface area (Å²) in [7, 11) is 0. The Morgan fingerprint density at radius 1 is 1.39 bits per heavy atom. The summed E-state index contributed by atoms with van der Waals surface area (Å²) in [6, 6.07) is -1.90. The zero-order valence-electron chi connectivity index (χ0n) is 12.2. The van der Waals surface area contributed by atoms with Gasteiger partial charge in [0.2, 0.25) is 0 Å². The van der Waals surface area contributed by atoms with E-state index in [9.17, 15) is 15.0 Å². The van der Waals surface area contributed by atoms with Crippen LogP contribution in [0.3, 0.4) is 0 Å². The minimum absolute atomic E-state index is 0.263. The van der Waals surface area contributed by atoms with E-state index in [0.717, 1.165) is 0 Å². The minimum Gasteiger partial charge on any atom is -0.480 e. The number of rotatable bonds is 4. The molecule has 1 saturated heterocycles. The highest BCUT2D eigenvalue weighted by Gasteiger charge is 2.41. The van der Waals surface area contributed by atoms with Gasteiger partial charge in [-0.25, -0.2) is 4.98 Å². The van der Waals surface area contributed by atoms with Crippen molar-refractivity contribution in [3.8, 4) is 0 Å². The summed E-state index contributed by atoms with van der Waals surface area (Å²) in [6.07, 6.45) is -1.47. The summed E-state index contributed by atoms with van der Waals surface area (Å²) in [5.74, 6) is -1.01. The van der Waals surface area contributed by atoms with Crippen LogP contribution in [0.15, 0.2) is 12.5 Å². The Hall–Kier alpha value is -1.60. The first-order valence-corrected chi connectivity index (χ1v) is 6.80. The zero-order chi connectivity index (χ0) is 17.6. The summed E-state index contributed by atoms with van der Waals surface area (Å²) in [6.45, 7) is -0.470. The van der Waals surface area contributed by atoms with Crippen molar-refractivity contribution in [1.82, 2.24) is 9.97 Å². The van der Waals surface area contributed by atoms with Crippen molar-refractivity contribution < 1.29 is 35.1 Å². The molecule has 2 heterocycles. The predicted molar refractivity (Wildman–Crippen MR) is 75.9 cm³/mol. The molecule has 2 unspecified atom stereocenters. The Labute approximate surface area is 131 Å². The van der Waals surface area contributed by atoms with E-state index in [1.54, 1.807) is 6.20 Å². The van der Waals surface area contributed by atoms with E-state index in [0.29, 0.717) is 5.69 Å². The van der Waals surface area contributed by atoms with Gasteiger partial charge in [0.05, 0.1) is 24.7 Å². The summed E-state index contributed by atoms with van der Waals surface area (Å²) in [5.41, 5.74) is 11.2. The molecule has 2 rings (SSSR count). The fourth-order valence-corrected chi connectivity index (χ4v) is 1.83. The second-order valence-electron chi connectivity index (χ2n) is 5.02. The number of carbonyl (C=O) groups is 1. The molecule has 0 aromatic carbocycles. The number of aliphatic carboxylic acids is 1. The fourth-order valence-electron chi connectivity index (χ4n) is 1.83. The fraction of sp³-hybridized carbons (Fsp3) is 0.667. The maximum atomic E-state index is 10.3. The van der Waals surface area contributed by atoms with Gasteiger partial charge in [-0.15, -0.1) is 0 Å². The van der Waals surface area contributed by atoms with Gasteiger partial charge in [-0.1, -0.05) is 0 Å². The summed E-state index contributed by atoms with van der Waals surface area (Å²) in [5, 5.41) is 44.5. The molecule has 1 aliphatic rings. The van der Waals surface area contributed by atoms with Crippen molar-refractivity contribution in [1.29, 1.82) is 0 Å². The van der Waals surface area contributed by atoms with Gasteiger partial charge in [-0.05, 0) is 0 Å². The first kappa shape index (κ1) is 19.4. The molecular weight excluding hydrogens is 312 g/mol. The van der Waals surface area contributed by atoms with E-state index in [1.165, 1.54) is 6.33 Å². The van der Waals surface area contributed by atoms with E-state index in [1.807, 2.05) is 0 Å². The van der Waals surface area contributed by atoms with E-state index >= 15 is 0 Å². The van der Waals surface area contributed by atoms with Crippen LogP contribution < -0.4 is 11.5 Å². The lowest BCUT2D eigenvalue weighted by Crippen LogP contribution is -2.61. The normalized spacial score (nSPS) is 31.8. The average Bonchev–Trinajstić information content (AvgIpc) is 3.02. The number of aliphatic hydroxyl groups is 4. The smallest absolute Gasteiger partial charge is 0.320 e. The number of hydrogen-bond acceptors (Lipinski definition) is 9. The van der Waals surface area contributed by atoms with E-state index in [-0.39, 0.29) is 6.42 Å². The largest absolute Gasteiger partial charge is 0.480 e. The van der Waals surface area contributed by atoms with Crippen LogP contribution in [0.2, 0.25) is 0 Å². The molecular formula is C12H22N4O7. The van der Waals surface area contributed by atoms with Crippen LogP contribution in [0.5, 0.6) is 0 Å². The minimum atomic E-state index is -1.35. The van der Waals surface area contributed by atoms with Crippen LogP contribution in [0.4, 0.5) is 0 Å². The lowest BCUT2D eigenvalue weighted by Gasteiger charge is -2.38. The first-order valence-electron chi connectivity index (χ1n) is 6.80. The van der Waals surface area contributed by atoms with Gasteiger partial charge in [0.15, 0.2) is 6.29 Å². The number of nitrogens with zero attached hydrogens (tertiary/aromatic N) is 1. The second kappa shape index (κ2) is 8.88. The molecule has 0 spiro atoms. The highest BCUT2D eigenvalue weighted by molar-refractivity contribution is 5.73. The summed E-state index contributed by atoms with van der Waals surface area (Å²) < 4.78 is 4.70. The SMILES string of the molecule is NC(Cc1c[nH]cn1)C(=O)O.N[C@H]1C(O)O[C@H](CO)[C@@H](O)[C@@H]1O. The zero-order valence-corrected chi connectivity index (χ0v) is 12.2. The number of aromatic nitrogens is 2. The number of hydrogen-bond donors (Lipinski definition) is 8. The maximum absolute atomic E-state index is 10.3. The molecule has 1 aromatic heterocycles. The number of imidazole rings is 1. The van der Waals surface area contributed by atoms with Gasteiger partial charge in [-0.2, -0.15) is 0 Å². The molecule has 0 amide bonds. The van der Waals surface area contributed by atoms with Crippen molar-refractivity contribution in [2.75, 3.05) is 6.61 Å². The van der Waals surface area contributed by atoms with Gasteiger partial charge in [-0.3, -0.25) is 4.79 Å². The van der Waals surface area contributed by atoms with E-state index in [2.05, 4.69) is 9.97 Å². The van der Waals surface area contributed by atoms with Crippen LogP contribution in [-0.2, 0) is 16.0 Å². The Morgan fingerprint density at radius 3 is 2.52 bits per heavy atom. The quantitative estimate of drug-likeness (QED) is 0.268. The lowest BCUT2D eigenvalue weighted by atomic mass is 9.98. The van der Waals surface area contributed by atoms with Crippen molar-refractivity contribution >= 4 is 5.97 Å². The number of ether oxygens (including phenoxy) is 1. The molecule has 6 atom stereocenters. The Balaban J connectivity index is 0.000000231. The highest BCUT2D eigenvalue weighted by Crippen LogP contribution is 2.17. The van der Waals surface area contributed by atoms with Gasteiger partial charge in [0.1, 0.15) is 24.4 Å². The number of nitrogens with one attached hydrogen (secondary N) is 1. The molecule has 1 aliphatic heterocycles. The van der Waals surface area contributed by atoms with Crippen LogP contribution >= 0.6 is 0 Å². The van der Waals surface area contributed by atoms with Crippen LogP contribution in [0, 0.1) is 0 Å². The number of H-pyrrole nitrogens is 1. The van der Waals surface area contributed by atoms with Gasteiger partial charge < -0.3 is 46.7 Å². The molecule has 132 valence electrons. The summed E-state index contributed by atoms with van der Waals surface area (Å²) in [4.78, 5) is 16.8. The topological polar surface area (TPSA) is 208 Å². The Kier molecular flexibility index (Phi) is 7.51. The number of carboxylic acids is 1. The molecule has 11 heteroatoms. The van der Waals surface area contributed by atoms with Crippen molar-refractivity contribution in [3.63, 3.8) is 0 Å². The molecule has 0 saturated carbocycles. The van der Waals surface area contributed by atoms with Gasteiger partial charge >= 0.3 is 5.97 Å². The molecule has 1 aromatic rings. The lowest BCUT2D eigenvalue weighted by molar-refractivity contribution is -0.248. The Morgan fingerprint density at radius 2 is 2.04 bits per heavy atom. The monoisotopic (exact) mass is 334 g/mol. The molecule has 11 nitrogen and oxygen atoms in total. The summed E-state index contributed by atoms with van der Waals surface area (Å²) >= 11 is 0. The maximum Gasteiger partial charge on any atom is 0.320 e. The Bertz CT molecular complexity index is 467. The van der Waals surface area contributed by atoms with Crippen LogP contribution in [-0.4, -0.2) is 84.8 Å². The molecule has 10 N–H and O–H groups in total. The van der Waals surface area contributed by atoms with Crippen molar-refractivity contribution in [2.24, 2.45) is 11.5 Å². The number of aliphatic hydroxyl groups excluding tert-OH is 4. The second-order valence-corrected chi connectivity index (χ2v) is 5.02. The third-order valence-electron chi connectivity index (χ3n) is 3.25. The predicted octanol–water partition coefficient (Wildman–Crippen LogP) is -3.89. The molecule has 23 heavy (non-hydrogen) atoms. The number of aromatic amines is 1. The van der Waals surface area contributed by atoms with E-state index < -0.39 is 49.3 Å². The number of carboxylic acid groups (broad SMARTS) is 1. The molecule has 1 fully saturated rings. The standard InChI is InChI=1S/C6H9N3O2.C6H13NO5/c7-5(6(10)11)1-4-2-8-3-9-4;7-3-5(10)4(9)2(1-8)12-6(3)11/h2-3,5H,1,7H2,(H,8,9)(H,10,11);2-6,8-11H,1,7H2/t;2-,3-,4-,5-,6?/m.1/s1. The highest BCUT2D eigenvalue weighted by atomic mass is 16.6. The van der Waals surface area contributed by atoms with Crippen LogP contribution in [0.25, 0.3) is 0 Å². The first-order chi connectivity index (χ1) is 10.8. The third kappa shape index (κ3) is 5.51. The van der Waals surface area contributed by atoms with E-state index in [4.69, 9.17) is 31.5 Å². The third-order valence-corrected chi connectivity index (χ3v) is 3.25. The van der Waals surface area contributed by atoms with Gasteiger partial charge in [0, 0.05) is 12.6 Å². The molecule has 0 aliphatic carbocycles. The molecule has 0 bridgehead atoms. The molecule has 0 radical (unpaired) electrons. The van der Waals surface area contributed by atoms with Crippen LogP contribution in [0.1, 0.15) is 5.69 Å².